The Bertz CT molecular complexity index is 1720. The zero-order chi connectivity index (χ0) is 26.0. The summed E-state index contributed by atoms with van der Waals surface area (Å²) in [7, 11) is 1.43. The molecule has 37 heavy (non-hydrogen) atoms. The Morgan fingerprint density at radius 2 is 1.78 bits per heavy atom. The molecule has 2 aliphatic carbocycles. The third-order valence-electron chi connectivity index (χ3n) is 7.15. The molecule has 0 unspecified atom stereocenters. The lowest BCUT2D eigenvalue weighted by Crippen LogP contribution is -2.40. The maximum Gasteiger partial charge on any atom is 0.352 e. The van der Waals surface area contributed by atoms with Crippen LogP contribution in [-0.2, 0) is 16.1 Å². The minimum atomic E-state index is -0.699. The smallest absolute Gasteiger partial charge is 0.352 e. The van der Waals surface area contributed by atoms with E-state index in [1.165, 1.54) is 28.6 Å². The van der Waals surface area contributed by atoms with Crippen molar-refractivity contribution in [2.24, 2.45) is 0 Å². The number of aromatic nitrogens is 3. The van der Waals surface area contributed by atoms with Crippen molar-refractivity contribution >= 4 is 27.5 Å². The van der Waals surface area contributed by atoms with Gasteiger partial charge in [0.25, 0.3) is 0 Å². The molecule has 1 aliphatic heterocycles. The lowest BCUT2D eigenvalue weighted by Gasteiger charge is -2.39. The van der Waals surface area contributed by atoms with Gasteiger partial charge in [-0.3, -0.25) is 9.59 Å². The minimum Gasteiger partial charge on any atom is -0.504 e. The van der Waals surface area contributed by atoms with Crippen LogP contribution in [0, 0.1) is 0 Å². The van der Waals surface area contributed by atoms with Gasteiger partial charge in [-0.25, -0.2) is 23.5 Å². The van der Waals surface area contributed by atoms with E-state index in [1.54, 1.807) is 42.5 Å². The molecular weight excluding hydrogens is 542 g/mol. The predicted octanol–water partition coefficient (Wildman–Crippen LogP) is 2.91. The van der Waals surface area contributed by atoms with Gasteiger partial charge in [-0.1, -0.05) is 30.3 Å². The van der Waals surface area contributed by atoms with Crippen molar-refractivity contribution in [1.82, 2.24) is 13.9 Å². The number of methoxy groups -OCH3 is 1. The molecule has 9 nitrogen and oxygen atoms in total. The number of phenolic OH excluding ortho intramolecular Hbond substituents is 1. The summed E-state index contributed by atoms with van der Waals surface area (Å²) in [6, 6.07) is 12.8. The summed E-state index contributed by atoms with van der Waals surface area (Å²) in [5.41, 5.74) is 1.29. The van der Waals surface area contributed by atoms with Crippen LogP contribution in [0.25, 0.3) is 5.69 Å². The number of hydrogen-bond donors (Lipinski definition) is 1. The van der Waals surface area contributed by atoms with Crippen LogP contribution in [0.4, 0.5) is 0 Å². The second-order valence-electron chi connectivity index (χ2n) is 9.03. The van der Waals surface area contributed by atoms with E-state index >= 15 is 0 Å². The Morgan fingerprint density at radius 1 is 1.03 bits per heavy atom. The first-order chi connectivity index (χ1) is 17.8. The molecule has 3 aliphatic rings. The molecule has 0 fully saturated rings. The third-order valence-corrected chi connectivity index (χ3v) is 7.74. The first kappa shape index (κ1) is 23.2. The average molecular weight is 562 g/mol. The van der Waals surface area contributed by atoms with Crippen molar-refractivity contribution in [3.8, 4) is 17.2 Å². The van der Waals surface area contributed by atoms with E-state index in [0.717, 1.165) is 4.57 Å². The Kier molecular flexibility index (Phi) is 5.30. The van der Waals surface area contributed by atoms with E-state index in [-0.39, 0.29) is 46.1 Å². The summed E-state index contributed by atoms with van der Waals surface area (Å²) in [4.78, 5) is 53.5. The quantitative estimate of drug-likeness (QED) is 0.388. The van der Waals surface area contributed by atoms with Crippen molar-refractivity contribution in [1.29, 1.82) is 0 Å². The summed E-state index contributed by atoms with van der Waals surface area (Å²) in [6.45, 7) is 0.114. The second-order valence-corrected chi connectivity index (χ2v) is 9.88. The van der Waals surface area contributed by atoms with Gasteiger partial charge in [0.1, 0.15) is 0 Å². The highest BCUT2D eigenvalue weighted by Gasteiger charge is 2.45. The van der Waals surface area contributed by atoms with Gasteiger partial charge >= 0.3 is 11.4 Å². The van der Waals surface area contributed by atoms with Gasteiger partial charge in [-0.05, 0) is 51.3 Å². The van der Waals surface area contributed by atoms with Gasteiger partial charge in [0, 0.05) is 29.6 Å². The number of phenols is 1. The fourth-order valence-corrected chi connectivity index (χ4v) is 5.99. The van der Waals surface area contributed by atoms with Gasteiger partial charge in [-0.2, -0.15) is 0 Å². The minimum absolute atomic E-state index is 0.0749. The number of halogens is 1. The normalized spacial score (nSPS) is 20.6. The molecular formula is C27H20BrN3O6. The summed E-state index contributed by atoms with van der Waals surface area (Å²) in [5.74, 6) is -1.21. The molecule has 0 radical (unpaired) electrons. The third kappa shape index (κ3) is 3.36. The number of ketones is 2. The first-order valence-corrected chi connectivity index (χ1v) is 12.4. The summed E-state index contributed by atoms with van der Waals surface area (Å²) >= 11 is 3.20. The lowest BCUT2D eigenvalue weighted by molar-refractivity contribution is -0.115. The van der Waals surface area contributed by atoms with Gasteiger partial charge in [0.2, 0.25) is 0 Å². The molecule has 2 aromatic carbocycles. The number of hydrogen-bond acceptors (Lipinski definition) is 6. The van der Waals surface area contributed by atoms with Crippen LogP contribution < -0.4 is 16.1 Å². The number of ether oxygens (including phenoxy) is 1. The monoisotopic (exact) mass is 561 g/mol. The van der Waals surface area contributed by atoms with E-state index < -0.39 is 23.3 Å². The molecule has 1 N–H and O–H groups in total. The van der Waals surface area contributed by atoms with Crippen LogP contribution in [0.5, 0.6) is 11.5 Å². The topological polar surface area (TPSA) is 113 Å². The van der Waals surface area contributed by atoms with Crippen molar-refractivity contribution in [2.75, 3.05) is 7.11 Å². The largest absolute Gasteiger partial charge is 0.504 e. The molecule has 0 saturated heterocycles. The number of carbonyl (C=O) groups is 2. The van der Waals surface area contributed by atoms with Crippen LogP contribution in [0.2, 0.25) is 0 Å². The maximum atomic E-state index is 13.7. The number of benzene rings is 2. The highest BCUT2D eigenvalue weighted by atomic mass is 79.9. The fourth-order valence-electron chi connectivity index (χ4n) is 5.54. The maximum absolute atomic E-state index is 13.7. The molecule has 10 heteroatoms. The summed E-state index contributed by atoms with van der Waals surface area (Å²) in [6.07, 6.45) is 3.17. The highest BCUT2D eigenvalue weighted by molar-refractivity contribution is 9.12. The molecule has 0 spiro atoms. The SMILES string of the molecule is COc1ccc([C@H]2C3=CCn4c(=O)n(-c5ccccc5)c(=O)n4[C@@H]3CC3=C2C(=O)C=C(Br)C3=O)cc1O. The van der Waals surface area contributed by atoms with Crippen LogP contribution in [0.1, 0.15) is 23.9 Å². The van der Waals surface area contributed by atoms with Crippen molar-refractivity contribution in [3.05, 3.63) is 108 Å². The molecule has 2 heterocycles. The number of rotatable bonds is 3. The number of aromatic hydroxyl groups is 1. The van der Waals surface area contributed by atoms with Gasteiger partial charge in [0.05, 0.1) is 29.9 Å². The Balaban J connectivity index is 1.58. The van der Waals surface area contributed by atoms with Crippen LogP contribution in [0.15, 0.2) is 91.5 Å². The molecule has 0 saturated carbocycles. The van der Waals surface area contributed by atoms with Crippen molar-refractivity contribution in [3.63, 3.8) is 0 Å². The number of Topliss-reactive ketones (excluding diaryl/α,β-unsaturated/α-hetero) is 1. The predicted molar refractivity (Wildman–Crippen MR) is 137 cm³/mol. The number of para-hydroxylation sites is 1. The average Bonchev–Trinajstić information content (AvgIpc) is 3.16. The van der Waals surface area contributed by atoms with E-state index in [1.807, 2.05) is 6.08 Å². The van der Waals surface area contributed by atoms with Crippen LogP contribution in [0.3, 0.4) is 0 Å². The highest BCUT2D eigenvalue weighted by Crippen LogP contribution is 2.50. The molecule has 0 amide bonds. The van der Waals surface area contributed by atoms with E-state index in [2.05, 4.69) is 15.9 Å². The molecule has 186 valence electrons. The Labute approximate surface area is 218 Å². The summed E-state index contributed by atoms with van der Waals surface area (Å²) < 4.78 is 9.17. The first-order valence-electron chi connectivity index (χ1n) is 11.6. The fraction of sp³-hybridized carbons (Fsp3) is 0.185. The van der Waals surface area contributed by atoms with E-state index in [4.69, 9.17) is 4.74 Å². The molecule has 2 atom stereocenters. The summed E-state index contributed by atoms with van der Waals surface area (Å²) in [5, 5.41) is 10.5. The van der Waals surface area contributed by atoms with E-state index in [0.29, 0.717) is 22.4 Å². The molecule has 3 aromatic rings. The van der Waals surface area contributed by atoms with Crippen LogP contribution >= 0.6 is 15.9 Å². The van der Waals surface area contributed by atoms with Crippen molar-refractivity contribution in [2.45, 2.75) is 24.9 Å². The molecule has 6 rings (SSSR count). The van der Waals surface area contributed by atoms with Gasteiger partial charge < -0.3 is 9.84 Å². The van der Waals surface area contributed by atoms with E-state index in [9.17, 15) is 24.3 Å². The number of allylic oxidation sites excluding steroid dienone is 6. The van der Waals surface area contributed by atoms with Crippen LogP contribution in [-0.4, -0.2) is 37.7 Å². The molecule has 1 aromatic heterocycles. The van der Waals surface area contributed by atoms with Gasteiger partial charge in [0.15, 0.2) is 23.1 Å². The lowest BCUT2D eigenvalue weighted by atomic mass is 9.69. The van der Waals surface area contributed by atoms with Crippen molar-refractivity contribution < 1.29 is 19.4 Å². The van der Waals surface area contributed by atoms with Gasteiger partial charge in [-0.15, -0.1) is 0 Å². The number of fused-ring (bicyclic) bond motifs is 3. The number of nitrogens with zero attached hydrogens (tertiary/aromatic N) is 3. The Hall–Kier alpha value is -4.18. The number of carbonyl (C=O) groups excluding carboxylic acids is 2. The zero-order valence-corrected chi connectivity index (χ0v) is 21.1. The Morgan fingerprint density at radius 3 is 2.49 bits per heavy atom. The second kappa shape index (κ2) is 8.45. The standard InChI is InChI=1S/C27H20BrN3O6/c1-37-22-8-7-14(11-20(22)32)23-16-9-10-29-26(35)30(15-5-3-2-4-6-15)27(36)31(29)19(16)12-17-24(23)21(33)13-18(28)25(17)34/h2-9,11,13,19,23,32H,10,12H2,1H3/t19-,23+/m1/s1. The zero-order valence-electron chi connectivity index (χ0n) is 19.6. The molecule has 0 bridgehead atoms.